The Morgan fingerprint density at radius 1 is 0.579 bits per heavy atom. The van der Waals surface area contributed by atoms with Crippen molar-refractivity contribution in [2.24, 2.45) is 0 Å². The van der Waals surface area contributed by atoms with Gasteiger partial charge in [0.2, 0.25) is 0 Å². The van der Waals surface area contributed by atoms with Crippen LogP contribution in [0.3, 0.4) is 0 Å². The van der Waals surface area contributed by atoms with Crippen molar-refractivity contribution in [3.8, 4) is 0 Å². The summed E-state index contributed by atoms with van der Waals surface area (Å²) in [6, 6.07) is 19.7. The van der Waals surface area contributed by atoms with Crippen LogP contribution in [0.1, 0.15) is 49.7 Å². The van der Waals surface area contributed by atoms with Crippen molar-refractivity contribution in [3.63, 3.8) is 0 Å². The predicted octanol–water partition coefficient (Wildman–Crippen LogP) is 11.1. The average molecular weight is 776 g/mol. The fourth-order valence-corrected chi connectivity index (χ4v) is 9.95. The van der Waals surface area contributed by atoms with Gasteiger partial charge in [0.1, 0.15) is 0 Å². The van der Waals surface area contributed by atoms with Gasteiger partial charge in [-0.25, -0.2) is 0 Å². The second-order valence-electron chi connectivity index (χ2n) is 10.2. The molecule has 0 spiro atoms. The van der Waals surface area contributed by atoms with Gasteiger partial charge in [0.05, 0.1) is 32.9 Å². The van der Waals surface area contributed by atoms with Crippen LogP contribution in [0.15, 0.2) is 72.5 Å². The molecule has 2 aliphatic rings. The van der Waals surface area contributed by atoms with Crippen LogP contribution in [0.2, 0.25) is 0 Å². The van der Waals surface area contributed by atoms with Crippen LogP contribution >= 0.6 is 75.5 Å². The molecule has 2 nitrogen and oxygen atoms in total. The molecule has 7 rings (SSSR count). The highest BCUT2D eigenvalue weighted by Crippen LogP contribution is 2.54. The first-order valence-electron chi connectivity index (χ1n) is 12.4. The zero-order valence-corrected chi connectivity index (χ0v) is 28.2. The van der Waals surface area contributed by atoms with E-state index in [4.69, 9.17) is 9.97 Å². The first kappa shape index (κ1) is 26.9. The summed E-state index contributed by atoms with van der Waals surface area (Å²) >= 11 is 16.6. The van der Waals surface area contributed by atoms with Gasteiger partial charge < -0.3 is 0 Å². The Morgan fingerprint density at radius 3 is 1.37 bits per heavy atom. The van der Waals surface area contributed by atoms with Crippen LogP contribution < -0.4 is 0 Å². The van der Waals surface area contributed by atoms with E-state index in [0.29, 0.717) is 10.5 Å². The molecule has 0 amide bonds. The van der Waals surface area contributed by atoms with E-state index in [0.717, 1.165) is 41.8 Å². The molecule has 38 heavy (non-hydrogen) atoms. The number of halogens is 4. The van der Waals surface area contributed by atoms with Gasteiger partial charge in [-0.3, -0.25) is 9.97 Å². The van der Waals surface area contributed by atoms with Crippen molar-refractivity contribution in [2.45, 2.75) is 44.1 Å². The highest BCUT2D eigenvalue weighted by atomic mass is 79.9. The van der Waals surface area contributed by atoms with Crippen molar-refractivity contribution in [3.05, 3.63) is 112 Å². The minimum atomic E-state index is 0.381. The molecule has 0 saturated carbocycles. The molecular formula is C31H24Br4N2S. The summed E-state index contributed by atoms with van der Waals surface area (Å²) in [6.07, 6.45) is 1.95. The van der Waals surface area contributed by atoms with Crippen LogP contribution in [-0.4, -0.2) is 9.97 Å². The fourth-order valence-electron chi connectivity index (χ4n) is 5.64. The van der Waals surface area contributed by atoms with Crippen LogP contribution in [-0.2, 0) is 12.8 Å². The number of pyridine rings is 2. The third-order valence-corrected chi connectivity index (χ3v) is 10.6. The van der Waals surface area contributed by atoms with Gasteiger partial charge in [0.15, 0.2) is 0 Å². The minimum Gasteiger partial charge on any atom is -0.250 e. The largest absolute Gasteiger partial charge is 0.250 e. The predicted molar refractivity (Wildman–Crippen MR) is 175 cm³/mol. The van der Waals surface area contributed by atoms with Gasteiger partial charge in [-0.1, -0.05) is 66.7 Å². The third kappa shape index (κ3) is 5.26. The number of benzene rings is 3. The normalized spacial score (nSPS) is 17.6. The second kappa shape index (κ2) is 10.6. The number of hydrogen-bond acceptors (Lipinski definition) is 3. The maximum Gasteiger partial charge on any atom is 0.0848 e. The molecule has 2 bridgehead atoms. The molecule has 0 N–H and O–H groups in total. The SMILES string of the molecule is Brc1cc(Br)c2nc3c(cc2c1)C[C@@H]1S[C@H]3Cc2cc3cc(Br)cc(Br)c3nc21.Cc1cc(C)cc(C)c1. The van der Waals surface area contributed by atoms with E-state index in [1.807, 2.05) is 11.8 Å². The van der Waals surface area contributed by atoms with Crippen molar-refractivity contribution in [1.82, 2.24) is 9.97 Å². The summed E-state index contributed by atoms with van der Waals surface area (Å²) in [6.45, 7) is 6.38. The lowest BCUT2D eigenvalue weighted by Gasteiger charge is -2.36. The molecule has 0 fully saturated rings. The maximum absolute atomic E-state index is 5.12. The van der Waals surface area contributed by atoms with Gasteiger partial charge in [0, 0.05) is 28.7 Å². The molecule has 4 heterocycles. The summed E-state index contributed by atoms with van der Waals surface area (Å²) in [5, 5.41) is 3.11. The summed E-state index contributed by atoms with van der Waals surface area (Å²) in [5.41, 5.74) is 11.3. The van der Waals surface area contributed by atoms with Gasteiger partial charge >= 0.3 is 0 Å². The van der Waals surface area contributed by atoms with Gasteiger partial charge in [0.25, 0.3) is 0 Å². The molecule has 2 aromatic heterocycles. The molecule has 2 aliphatic heterocycles. The molecule has 5 aromatic rings. The number of aryl methyl sites for hydroxylation is 3. The molecule has 0 unspecified atom stereocenters. The topological polar surface area (TPSA) is 25.8 Å². The maximum atomic E-state index is 5.12. The minimum absolute atomic E-state index is 0.381. The summed E-state index contributed by atoms with van der Waals surface area (Å²) in [4.78, 5) is 10.2. The van der Waals surface area contributed by atoms with Gasteiger partial charge in [-0.15, -0.1) is 11.8 Å². The van der Waals surface area contributed by atoms with E-state index in [2.05, 4.69) is 139 Å². The number of aromatic nitrogens is 2. The lowest BCUT2D eigenvalue weighted by atomic mass is 9.91. The van der Waals surface area contributed by atoms with E-state index in [1.54, 1.807) is 0 Å². The van der Waals surface area contributed by atoms with Crippen molar-refractivity contribution in [1.29, 1.82) is 0 Å². The smallest absolute Gasteiger partial charge is 0.0848 e. The highest BCUT2D eigenvalue weighted by Gasteiger charge is 2.37. The van der Waals surface area contributed by atoms with Gasteiger partial charge in [-0.2, -0.15) is 0 Å². The third-order valence-electron chi connectivity index (χ3n) is 7.01. The van der Waals surface area contributed by atoms with E-state index in [1.165, 1.54) is 50.0 Å². The molecule has 0 radical (unpaired) electrons. The molecule has 2 atom stereocenters. The van der Waals surface area contributed by atoms with E-state index in [9.17, 15) is 0 Å². The first-order valence-corrected chi connectivity index (χ1v) is 16.5. The molecule has 3 aromatic carbocycles. The quantitative estimate of drug-likeness (QED) is 0.157. The summed E-state index contributed by atoms with van der Waals surface area (Å²) < 4.78 is 4.21. The second-order valence-corrected chi connectivity index (χ2v) is 15.1. The number of hydrogen-bond donors (Lipinski definition) is 0. The average Bonchev–Trinajstić information content (AvgIpc) is 2.82. The number of nitrogens with zero attached hydrogens (tertiary/aromatic N) is 2. The zero-order chi connectivity index (χ0) is 26.7. The zero-order valence-electron chi connectivity index (χ0n) is 21.1. The highest BCUT2D eigenvalue weighted by molar-refractivity contribution is 9.11. The Balaban J connectivity index is 0.000000251. The van der Waals surface area contributed by atoms with E-state index >= 15 is 0 Å². The monoisotopic (exact) mass is 772 g/mol. The molecular weight excluding hydrogens is 752 g/mol. The van der Waals surface area contributed by atoms with Crippen LogP contribution in [0.5, 0.6) is 0 Å². The van der Waals surface area contributed by atoms with E-state index < -0.39 is 0 Å². The van der Waals surface area contributed by atoms with Gasteiger partial charge in [-0.05, 0) is 113 Å². The Labute approximate surface area is 260 Å². The Bertz CT molecular complexity index is 1600. The molecule has 0 saturated heterocycles. The Hall–Kier alpha value is -1.25. The van der Waals surface area contributed by atoms with Crippen molar-refractivity contribution < 1.29 is 0 Å². The molecule has 7 heteroatoms. The summed E-state index contributed by atoms with van der Waals surface area (Å²) in [7, 11) is 0. The number of fused-ring (bicyclic) bond motifs is 8. The van der Waals surface area contributed by atoms with Crippen LogP contribution in [0.4, 0.5) is 0 Å². The summed E-state index contributed by atoms with van der Waals surface area (Å²) in [5.74, 6) is 0. The van der Waals surface area contributed by atoms with Crippen LogP contribution in [0.25, 0.3) is 21.8 Å². The van der Waals surface area contributed by atoms with E-state index in [-0.39, 0.29) is 0 Å². The lowest BCUT2D eigenvalue weighted by Crippen LogP contribution is -2.23. The lowest BCUT2D eigenvalue weighted by molar-refractivity contribution is 0.734. The fraction of sp³-hybridized carbons (Fsp3) is 0.226. The van der Waals surface area contributed by atoms with Crippen LogP contribution in [0, 0.1) is 20.8 Å². The Kier molecular flexibility index (Phi) is 7.53. The Morgan fingerprint density at radius 2 is 0.974 bits per heavy atom. The number of thioether (sulfide) groups is 1. The van der Waals surface area contributed by atoms with Crippen molar-refractivity contribution in [2.75, 3.05) is 0 Å². The number of rotatable bonds is 0. The molecule has 192 valence electrons. The molecule has 0 aliphatic carbocycles. The standard InChI is InChI=1S/C22H12Br4N2S.C9H12/c23-13-3-9-1-11-5-17-22-12(2-10-4-14(24)8-16(26)20(10)28-22)6-18(29-17)21(11)27-19(9)15(25)7-13;1-7-4-8(2)6-9(3)5-7/h1-4,7-8,17-18H,5-6H2;4-6H,1-3H3/t17-,18-;/m0./s1. The first-order chi connectivity index (χ1) is 18.1. The van der Waals surface area contributed by atoms with Crippen molar-refractivity contribution >= 4 is 97.3 Å².